The fourth-order valence-corrected chi connectivity index (χ4v) is 6.77. The molecule has 5 heterocycles. The van der Waals surface area contributed by atoms with Crippen molar-refractivity contribution in [3.63, 3.8) is 0 Å². The van der Waals surface area contributed by atoms with Crippen LogP contribution >= 0.6 is 0 Å². The molecule has 2 unspecified atom stereocenters. The number of fused-ring (bicyclic) bond motifs is 5. The van der Waals surface area contributed by atoms with Crippen LogP contribution in [-0.2, 0) is 4.79 Å². The van der Waals surface area contributed by atoms with Crippen LogP contribution in [0.15, 0.2) is 91.5 Å². The molecule has 8 heteroatoms. The van der Waals surface area contributed by atoms with Gasteiger partial charge in [0.05, 0.1) is 47.4 Å². The van der Waals surface area contributed by atoms with Gasteiger partial charge in [0.25, 0.3) is 0 Å². The molecule has 6 aromatic rings. The zero-order chi connectivity index (χ0) is 29.8. The summed E-state index contributed by atoms with van der Waals surface area (Å²) in [5.74, 6) is 2.15. The van der Waals surface area contributed by atoms with Gasteiger partial charge in [-0.15, -0.1) is 0 Å². The number of H-pyrrole nitrogens is 2. The molecule has 1 saturated heterocycles. The maximum atomic E-state index is 12.9. The van der Waals surface area contributed by atoms with E-state index in [4.69, 9.17) is 9.72 Å². The molecule has 3 aromatic heterocycles. The van der Waals surface area contributed by atoms with E-state index in [9.17, 15) is 4.79 Å². The molecule has 0 saturated carbocycles. The van der Waals surface area contributed by atoms with E-state index < -0.39 is 0 Å². The first kappa shape index (κ1) is 26.5. The molecule has 44 heavy (non-hydrogen) atoms. The van der Waals surface area contributed by atoms with Crippen LogP contribution in [0.2, 0.25) is 0 Å². The molecule has 0 spiro atoms. The molecule has 1 fully saturated rings. The average molecular weight is 583 g/mol. The summed E-state index contributed by atoms with van der Waals surface area (Å²) in [7, 11) is 0. The molecule has 0 aliphatic carbocycles. The number of carbonyl (C=O) groups is 1. The Kier molecular flexibility index (Phi) is 6.36. The number of hydrogen-bond acceptors (Lipinski definition) is 4. The molecule has 2 atom stereocenters. The first-order valence-corrected chi connectivity index (χ1v) is 15.4. The van der Waals surface area contributed by atoms with Crippen LogP contribution in [0.3, 0.4) is 0 Å². The van der Waals surface area contributed by atoms with Crippen molar-refractivity contribution in [1.29, 1.82) is 0 Å². The fraction of sp³-hybridized carbons (Fsp3) is 0.250. The zero-order valence-corrected chi connectivity index (χ0v) is 24.8. The molecule has 0 bridgehead atoms. The van der Waals surface area contributed by atoms with Crippen molar-refractivity contribution in [3.05, 3.63) is 103 Å². The first-order chi connectivity index (χ1) is 21.5. The highest BCUT2D eigenvalue weighted by molar-refractivity contribution is 5.92. The molecule has 2 aliphatic heterocycles. The van der Waals surface area contributed by atoms with Crippen molar-refractivity contribution < 1.29 is 9.53 Å². The third-order valence-corrected chi connectivity index (χ3v) is 8.85. The minimum absolute atomic E-state index is 0.0428. The number of carbonyl (C=O) groups excluding carboxylic acids is 1. The van der Waals surface area contributed by atoms with Crippen molar-refractivity contribution in [2.75, 3.05) is 6.54 Å². The van der Waals surface area contributed by atoms with E-state index in [0.29, 0.717) is 12.3 Å². The number of nitrogens with one attached hydrogen (secondary N) is 2. The van der Waals surface area contributed by atoms with Crippen LogP contribution in [0.4, 0.5) is 0 Å². The molecular formula is C36H34N6O2. The smallest absolute Gasteiger partial charge is 0.223 e. The van der Waals surface area contributed by atoms with Crippen molar-refractivity contribution in [2.24, 2.45) is 5.92 Å². The zero-order valence-electron chi connectivity index (χ0n) is 24.8. The van der Waals surface area contributed by atoms with Gasteiger partial charge in [0.15, 0.2) is 0 Å². The highest BCUT2D eigenvalue weighted by Crippen LogP contribution is 2.46. The second-order valence-electron chi connectivity index (χ2n) is 12.3. The minimum Gasteiger partial charge on any atom is -0.465 e. The van der Waals surface area contributed by atoms with Gasteiger partial charge in [0.1, 0.15) is 11.6 Å². The van der Waals surface area contributed by atoms with E-state index >= 15 is 0 Å². The number of aromatic amines is 2. The second-order valence-corrected chi connectivity index (χ2v) is 12.3. The van der Waals surface area contributed by atoms with Gasteiger partial charge < -0.3 is 24.2 Å². The fourth-order valence-electron chi connectivity index (χ4n) is 6.77. The van der Waals surface area contributed by atoms with Crippen LogP contribution < -0.4 is 4.74 Å². The van der Waals surface area contributed by atoms with Gasteiger partial charge in [-0.3, -0.25) is 4.79 Å². The normalized spacial score (nSPS) is 17.6. The van der Waals surface area contributed by atoms with Gasteiger partial charge in [-0.05, 0) is 49.1 Å². The molecule has 220 valence electrons. The van der Waals surface area contributed by atoms with Crippen LogP contribution in [-0.4, -0.2) is 41.9 Å². The number of likely N-dealkylation sites (tertiary alicyclic amines) is 1. The summed E-state index contributed by atoms with van der Waals surface area (Å²) >= 11 is 0. The van der Waals surface area contributed by atoms with E-state index in [2.05, 4.69) is 100 Å². The van der Waals surface area contributed by atoms with Gasteiger partial charge in [-0.2, -0.15) is 0 Å². The Balaban J connectivity index is 1.18. The summed E-state index contributed by atoms with van der Waals surface area (Å²) in [6.45, 7) is 4.99. The largest absolute Gasteiger partial charge is 0.465 e. The number of amides is 1. The maximum Gasteiger partial charge on any atom is 0.223 e. The molecule has 8 nitrogen and oxygen atoms in total. The van der Waals surface area contributed by atoms with E-state index in [1.165, 1.54) is 0 Å². The Labute approximate surface area is 255 Å². The number of nitrogens with zero attached hydrogens (tertiary/aromatic N) is 4. The third kappa shape index (κ3) is 4.49. The minimum atomic E-state index is -0.323. The highest BCUT2D eigenvalue weighted by atomic mass is 16.5. The molecule has 2 aliphatic rings. The van der Waals surface area contributed by atoms with Crippen LogP contribution in [0, 0.1) is 5.92 Å². The Morgan fingerprint density at radius 1 is 1.02 bits per heavy atom. The third-order valence-electron chi connectivity index (χ3n) is 8.85. The number of aromatic nitrogens is 5. The summed E-state index contributed by atoms with van der Waals surface area (Å²) in [4.78, 5) is 30.7. The predicted molar refractivity (Wildman–Crippen MR) is 171 cm³/mol. The lowest BCUT2D eigenvalue weighted by atomic mass is 10.0. The van der Waals surface area contributed by atoms with Crippen molar-refractivity contribution in [1.82, 2.24) is 29.4 Å². The average Bonchev–Trinajstić information content (AvgIpc) is 3.86. The Hall–Kier alpha value is -5.11. The van der Waals surface area contributed by atoms with Gasteiger partial charge in [-0.1, -0.05) is 56.3 Å². The lowest BCUT2D eigenvalue weighted by Crippen LogP contribution is -2.31. The predicted octanol–water partition coefficient (Wildman–Crippen LogP) is 7.74. The Morgan fingerprint density at radius 2 is 1.89 bits per heavy atom. The maximum absolute atomic E-state index is 12.9. The van der Waals surface area contributed by atoms with Crippen LogP contribution in [0.25, 0.3) is 44.8 Å². The second kappa shape index (κ2) is 10.6. The summed E-state index contributed by atoms with van der Waals surface area (Å²) in [5, 5.41) is 1.14. The number of rotatable bonds is 6. The van der Waals surface area contributed by atoms with Gasteiger partial charge in [-0.25, -0.2) is 9.97 Å². The van der Waals surface area contributed by atoms with E-state index in [1.54, 1.807) is 6.33 Å². The van der Waals surface area contributed by atoms with E-state index in [0.717, 1.165) is 81.2 Å². The summed E-state index contributed by atoms with van der Waals surface area (Å²) in [6.07, 6.45) is 7.65. The van der Waals surface area contributed by atoms with Gasteiger partial charge >= 0.3 is 0 Å². The van der Waals surface area contributed by atoms with Gasteiger partial charge in [0.2, 0.25) is 12.1 Å². The van der Waals surface area contributed by atoms with Gasteiger partial charge in [0, 0.05) is 40.6 Å². The summed E-state index contributed by atoms with van der Waals surface area (Å²) < 4.78 is 9.11. The number of imidazole rings is 2. The lowest BCUT2D eigenvalue weighted by Gasteiger charge is -2.30. The topological polar surface area (TPSA) is 91.8 Å². The Bertz CT molecular complexity index is 1970. The summed E-state index contributed by atoms with van der Waals surface area (Å²) in [5.41, 5.74) is 8.34. The summed E-state index contributed by atoms with van der Waals surface area (Å²) in [6, 6.07) is 25.4. The van der Waals surface area contributed by atoms with Crippen molar-refractivity contribution in [3.8, 4) is 39.7 Å². The quantitative estimate of drug-likeness (QED) is 0.210. The number of benzene rings is 3. The Morgan fingerprint density at radius 3 is 2.70 bits per heavy atom. The lowest BCUT2D eigenvalue weighted by molar-refractivity contribution is -0.133. The van der Waals surface area contributed by atoms with Crippen LogP contribution in [0.1, 0.15) is 56.6 Å². The van der Waals surface area contributed by atoms with E-state index in [-0.39, 0.29) is 18.2 Å². The number of ether oxygens (including phenoxy) is 1. The molecule has 0 radical (unpaired) electrons. The van der Waals surface area contributed by atoms with Crippen molar-refractivity contribution >= 4 is 16.8 Å². The van der Waals surface area contributed by atoms with Crippen molar-refractivity contribution in [2.45, 2.75) is 45.4 Å². The first-order valence-electron chi connectivity index (χ1n) is 15.4. The molecule has 8 rings (SSSR count). The SMILES string of the molecule is CC(C)CC(=O)N1CCCC1c1cnc(-c2ccc3c(c2)OC(c2ccccc2)n2c-3cc3cc(-c4cnc[nH]4)ccc32)[nH]1. The monoisotopic (exact) mass is 582 g/mol. The molecular weight excluding hydrogens is 548 g/mol. The van der Waals surface area contributed by atoms with Crippen LogP contribution in [0.5, 0.6) is 5.75 Å². The molecule has 2 N–H and O–H groups in total. The molecule has 3 aromatic carbocycles. The number of hydrogen-bond donors (Lipinski definition) is 2. The highest BCUT2D eigenvalue weighted by Gasteiger charge is 2.32. The molecule has 1 amide bonds. The standard InChI is InChI=1S/C36H34N6O2/c1-22(2)15-34(43)41-14-6-9-31(41)29-20-38-35(40-29)25-10-12-27-32-17-26-16-24(28-19-37-21-39-28)11-13-30(26)42(32)36(44-33(27)18-25)23-7-4-3-5-8-23/h3-5,7-8,10-13,16-22,31,36H,6,9,14-15H2,1-2H3,(H,37,39)(H,38,40). The van der Waals surface area contributed by atoms with E-state index in [1.807, 2.05) is 23.4 Å².